The Labute approximate surface area is 183 Å². The highest BCUT2D eigenvalue weighted by Crippen LogP contribution is 2.47. The quantitative estimate of drug-likeness (QED) is 0.354. The summed E-state index contributed by atoms with van der Waals surface area (Å²) in [5.41, 5.74) is 2.52. The summed E-state index contributed by atoms with van der Waals surface area (Å²) in [6.07, 6.45) is -1.02. The van der Waals surface area contributed by atoms with Crippen molar-refractivity contribution in [2.75, 3.05) is 9.96 Å². The molecule has 32 heavy (non-hydrogen) atoms. The van der Waals surface area contributed by atoms with E-state index < -0.39 is 28.9 Å². The molecule has 3 atom stereocenters. The summed E-state index contributed by atoms with van der Waals surface area (Å²) >= 11 is 0. The number of hydroxylamine groups is 1. The minimum Gasteiger partial charge on any atom is -0.273 e. The first kappa shape index (κ1) is 19.9. The van der Waals surface area contributed by atoms with E-state index in [1.165, 1.54) is 22.1 Å². The monoisotopic (exact) mass is 429 g/mol. The summed E-state index contributed by atoms with van der Waals surface area (Å²) in [7, 11) is 0. The van der Waals surface area contributed by atoms with Crippen LogP contribution >= 0.6 is 0 Å². The summed E-state index contributed by atoms with van der Waals surface area (Å²) in [4.78, 5) is 44.8. The molecule has 2 saturated heterocycles. The Morgan fingerprint density at radius 3 is 2.31 bits per heavy atom. The van der Waals surface area contributed by atoms with Crippen LogP contribution in [0.4, 0.5) is 17.1 Å². The number of imide groups is 1. The largest absolute Gasteiger partial charge is 0.273 e. The number of nitrogens with zero attached hydrogens (tertiary/aromatic N) is 3. The van der Waals surface area contributed by atoms with Crippen LogP contribution in [0.2, 0.25) is 0 Å². The van der Waals surface area contributed by atoms with Gasteiger partial charge in [0.25, 0.3) is 11.6 Å². The molecule has 2 amide bonds. The smallest absolute Gasteiger partial charge is 0.271 e. The Kier molecular flexibility index (Phi) is 4.71. The van der Waals surface area contributed by atoms with E-state index in [1.807, 2.05) is 43.3 Å². The second-order valence-electron chi connectivity index (χ2n) is 7.86. The standard InChI is InChI=1S/C24H19N3O5/c1-15-7-5-10-17(13-15)25-23(28)20-21(16-8-3-2-4-9-16)26(32-22(20)24(25)29)18-11-6-12-19(14-18)27(30)31/h2-14,20-22H,1H3/t20-,21+,22-/m0/s1. The topological polar surface area (TPSA) is 93.0 Å². The number of nitro groups is 1. The second kappa shape index (κ2) is 7.58. The van der Waals surface area contributed by atoms with Gasteiger partial charge in [0.1, 0.15) is 5.92 Å². The number of carbonyl (C=O) groups excluding carboxylic acids is 2. The molecular weight excluding hydrogens is 410 g/mol. The van der Waals surface area contributed by atoms with Crippen LogP contribution < -0.4 is 9.96 Å². The molecule has 2 heterocycles. The number of fused-ring (bicyclic) bond motifs is 1. The summed E-state index contributed by atoms with van der Waals surface area (Å²) in [5, 5.41) is 12.7. The number of non-ortho nitro benzene ring substituents is 1. The molecule has 5 rings (SSSR count). The van der Waals surface area contributed by atoms with E-state index in [4.69, 9.17) is 4.84 Å². The molecule has 0 aliphatic carbocycles. The average molecular weight is 429 g/mol. The van der Waals surface area contributed by atoms with Crippen LogP contribution in [-0.2, 0) is 14.4 Å². The third-order valence-corrected chi connectivity index (χ3v) is 5.81. The van der Waals surface area contributed by atoms with E-state index in [0.717, 1.165) is 11.1 Å². The van der Waals surface area contributed by atoms with Gasteiger partial charge in [-0.3, -0.25) is 24.5 Å². The van der Waals surface area contributed by atoms with Gasteiger partial charge in [0.15, 0.2) is 6.10 Å². The van der Waals surface area contributed by atoms with Gasteiger partial charge in [-0.15, -0.1) is 0 Å². The first-order valence-corrected chi connectivity index (χ1v) is 10.2. The number of amides is 2. The van der Waals surface area contributed by atoms with Crippen molar-refractivity contribution in [1.82, 2.24) is 0 Å². The Morgan fingerprint density at radius 2 is 1.59 bits per heavy atom. The highest BCUT2D eigenvalue weighted by molar-refractivity contribution is 6.24. The Hall–Kier alpha value is -4.04. The maximum absolute atomic E-state index is 13.5. The predicted molar refractivity (Wildman–Crippen MR) is 117 cm³/mol. The van der Waals surface area contributed by atoms with Gasteiger partial charge in [-0.25, -0.2) is 9.96 Å². The molecule has 0 bridgehead atoms. The molecule has 0 aromatic heterocycles. The van der Waals surface area contributed by atoms with Crippen molar-refractivity contribution in [1.29, 1.82) is 0 Å². The lowest BCUT2D eigenvalue weighted by molar-refractivity contribution is -0.384. The van der Waals surface area contributed by atoms with Crippen molar-refractivity contribution >= 4 is 28.9 Å². The molecule has 8 nitrogen and oxygen atoms in total. The lowest BCUT2D eigenvalue weighted by Crippen LogP contribution is -2.37. The van der Waals surface area contributed by atoms with Crippen LogP contribution in [0.5, 0.6) is 0 Å². The zero-order valence-corrected chi connectivity index (χ0v) is 17.1. The van der Waals surface area contributed by atoms with Crippen LogP contribution in [0, 0.1) is 23.0 Å². The third kappa shape index (κ3) is 3.12. The summed E-state index contributed by atoms with van der Waals surface area (Å²) in [6.45, 7) is 1.89. The average Bonchev–Trinajstić information content (AvgIpc) is 3.30. The van der Waals surface area contributed by atoms with Crippen molar-refractivity contribution in [3.8, 4) is 0 Å². The van der Waals surface area contributed by atoms with Crippen molar-refractivity contribution in [3.63, 3.8) is 0 Å². The van der Waals surface area contributed by atoms with Crippen molar-refractivity contribution < 1.29 is 19.3 Å². The Morgan fingerprint density at radius 1 is 0.875 bits per heavy atom. The van der Waals surface area contributed by atoms with Gasteiger partial charge in [-0.1, -0.05) is 48.5 Å². The minimum atomic E-state index is -1.02. The number of anilines is 2. The third-order valence-electron chi connectivity index (χ3n) is 5.81. The molecule has 2 fully saturated rings. The van der Waals surface area contributed by atoms with Gasteiger partial charge in [0.2, 0.25) is 5.91 Å². The van der Waals surface area contributed by atoms with E-state index in [0.29, 0.717) is 11.4 Å². The number of benzene rings is 3. The Bertz CT molecular complexity index is 1230. The molecule has 0 unspecified atom stereocenters. The molecule has 3 aromatic rings. The normalized spacial score (nSPS) is 22.3. The van der Waals surface area contributed by atoms with Crippen LogP contribution in [0.15, 0.2) is 78.9 Å². The molecule has 160 valence electrons. The van der Waals surface area contributed by atoms with Crippen molar-refractivity contribution in [3.05, 3.63) is 100 Å². The number of carbonyl (C=O) groups is 2. The molecule has 0 N–H and O–H groups in total. The molecule has 3 aromatic carbocycles. The van der Waals surface area contributed by atoms with Gasteiger partial charge in [-0.2, -0.15) is 0 Å². The number of rotatable bonds is 4. The predicted octanol–water partition coefficient (Wildman–Crippen LogP) is 3.95. The molecule has 0 radical (unpaired) electrons. The fourth-order valence-electron chi connectivity index (χ4n) is 4.39. The molecular formula is C24H19N3O5. The van der Waals surface area contributed by atoms with Gasteiger partial charge >= 0.3 is 0 Å². The van der Waals surface area contributed by atoms with Crippen LogP contribution in [0.1, 0.15) is 17.2 Å². The van der Waals surface area contributed by atoms with Gasteiger partial charge in [-0.05, 0) is 36.2 Å². The minimum absolute atomic E-state index is 0.103. The lowest BCUT2D eigenvalue weighted by atomic mass is 9.90. The molecule has 0 saturated carbocycles. The highest BCUT2D eigenvalue weighted by Gasteiger charge is 2.60. The van der Waals surface area contributed by atoms with Crippen molar-refractivity contribution in [2.24, 2.45) is 5.92 Å². The molecule has 8 heteroatoms. The number of aryl methyl sites for hydroxylation is 1. The fourth-order valence-corrected chi connectivity index (χ4v) is 4.39. The second-order valence-corrected chi connectivity index (χ2v) is 7.86. The zero-order chi connectivity index (χ0) is 22.4. The summed E-state index contributed by atoms with van der Waals surface area (Å²) in [6, 6.07) is 21.8. The van der Waals surface area contributed by atoms with Gasteiger partial charge < -0.3 is 0 Å². The van der Waals surface area contributed by atoms with Gasteiger partial charge in [0, 0.05) is 12.1 Å². The SMILES string of the molecule is Cc1cccc(N2C(=O)[C@@H]3[C@H](ON(c4cccc([N+](=O)[O-])c4)[C@@H]3c3ccccc3)C2=O)c1. The van der Waals surface area contributed by atoms with Crippen LogP contribution in [-0.4, -0.2) is 22.8 Å². The summed E-state index contributed by atoms with van der Waals surface area (Å²) < 4.78 is 0. The Balaban J connectivity index is 1.59. The van der Waals surface area contributed by atoms with E-state index in [9.17, 15) is 19.7 Å². The summed E-state index contributed by atoms with van der Waals surface area (Å²) in [5.74, 6) is -1.59. The van der Waals surface area contributed by atoms with E-state index in [2.05, 4.69) is 0 Å². The van der Waals surface area contributed by atoms with Gasteiger partial charge in [0.05, 0.1) is 22.3 Å². The highest BCUT2D eigenvalue weighted by atomic mass is 16.7. The lowest BCUT2D eigenvalue weighted by Gasteiger charge is -2.28. The molecule has 2 aliphatic rings. The zero-order valence-electron chi connectivity index (χ0n) is 17.1. The van der Waals surface area contributed by atoms with E-state index in [-0.39, 0.29) is 11.6 Å². The number of hydrogen-bond acceptors (Lipinski definition) is 6. The van der Waals surface area contributed by atoms with E-state index >= 15 is 0 Å². The number of nitro benzene ring substituents is 1. The first-order chi connectivity index (χ1) is 15.5. The maximum Gasteiger partial charge on any atom is 0.271 e. The maximum atomic E-state index is 13.5. The van der Waals surface area contributed by atoms with E-state index in [1.54, 1.807) is 30.3 Å². The fraction of sp³-hybridized carbons (Fsp3) is 0.167. The first-order valence-electron chi connectivity index (χ1n) is 10.2. The molecule has 2 aliphatic heterocycles. The van der Waals surface area contributed by atoms with Crippen LogP contribution in [0.3, 0.4) is 0 Å². The van der Waals surface area contributed by atoms with Crippen LogP contribution in [0.25, 0.3) is 0 Å². The molecule has 0 spiro atoms. The number of hydrogen-bond donors (Lipinski definition) is 0. The van der Waals surface area contributed by atoms with Crippen molar-refractivity contribution in [2.45, 2.75) is 19.1 Å².